The number of rotatable bonds is 9. The van der Waals surface area contributed by atoms with Crippen molar-refractivity contribution >= 4 is 49.4 Å². The lowest BCUT2D eigenvalue weighted by molar-refractivity contribution is -0.384. The number of nitrogens with one attached hydrogen (secondary N) is 1. The number of aromatic nitrogens is 1. The highest BCUT2D eigenvalue weighted by atomic mass is 79.9. The smallest absolute Gasteiger partial charge is 0.271 e. The maximum Gasteiger partial charge on any atom is 0.271 e. The second-order valence-corrected chi connectivity index (χ2v) is 11.3. The van der Waals surface area contributed by atoms with E-state index in [9.17, 15) is 23.3 Å². The van der Waals surface area contributed by atoms with E-state index in [-0.39, 0.29) is 16.3 Å². The van der Waals surface area contributed by atoms with Gasteiger partial charge in [0.1, 0.15) is 6.54 Å². The van der Waals surface area contributed by atoms with Gasteiger partial charge >= 0.3 is 0 Å². The molecule has 1 N–H and O–H groups in total. The first-order valence-electron chi connectivity index (χ1n) is 11.7. The number of hydrazone groups is 1. The van der Waals surface area contributed by atoms with Crippen LogP contribution >= 0.6 is 15.9 Å². The van der Waals surface area contributed by atoms with Gasteiger partial charge in [0.05, 0.1) is 21.7 Å². The van der Waals surface area contributed by atoms with Gasteiger partial charge in [-0.25, -0.2) is 13.8 Å². The molecule has 0 bridgehead atoms. The number of nitro groups is 1. The quantitative estimate of drug-likeness (QED) is 0.160. The molecule has 0 atom stereocenters. The van der Waals surface area contributed by atoms with Crippen molar-refractivity contribution in [3.8, 4) is 5.69 Å². The van der Waals surface area contributed by atoms with Gasteiger partial charge in [0.15, 0.2) is 0 Å². The molecule has 0 unspecified atom stereocenters. The van der Waals surface area contributed by atoms with Crippen LogP contribution in [0, 0.1) is 24.0 Å². The van der Waals surface area contributed by atoms with E-state index < -0.39 is 27.4 Å². The second kappa shape index (κ2) is 11.6. The molecule has 10 nitrogen and oxygen atoms in total. The number of sulfonamides is 1. The van der Waals surface area contributed by atoms with Gasteiger partial charge in [-0.05, 0) is 62.4 Å². The Labute approximate surface area is 233 Å². The number of hydrogen-bond acceptors (Lipinski definition) is 6. The molecule has 0 aliphatic rings. The first-order chi connectivity index (χ1) is 18.6. The largest absolute Gasteiger partial charge is 0.318 e. The molecular weight excluding hydrogens is 586 g/mol. The minimum atomic E-state index is -4.22. The summed E-state index contributed by atoms with van der Waals surface area (Å²) in [5.41, 5.74) is 5.64. The molecule has 0 fully saturated rings. The fourth-order valence-electron chi connectivity index (χ4n) is 4.04. The predicted octanol–water partition coefficient (Wildman–Crippen LogP) is 5.11. The van der Waals surface area contributed by atoms with Crippen LogP contribution in [0.5, 0.6) is 0 Å². The number of hydrogen-bond donors (Lipinski definition) is 1. The lowest BCUT2D eigenvalue weighted by Crippen LogP contribution is -2.39. The van der Waals surface area contributed by atoms with Crippen LogP contribution in [0.2, 0.25) is 0 Å². The Morgan fingerprint density at radius 2 is 1.74 bits per heavy atom. The van der Waals surface area contributed by atoms with Crippen molar-refractivity contribution in [1.29, 1.82) is 0 Å². The minimum absolute atomic E-state index is 0.0229. The number of benzene rings is 3. The Kier molecular flexibility index (Phi) is 8.27. The SMILES string of the molecule is Cc1cc(/C=N\NC(=O)CN(c2cccc([N+](=O)[O-])c2)S(=O)(=O)c2ccccc2)c(C)n1-c1ccc(Br)cc1. The van der Waals surface area contributed by atoms with Crippen molar-refractivity contribution < 1.29 is 18.1 Å². The maximum absolute atomic E-state index is 13.4. The predicted molar refractivity (Wildman–Crippen MR) is 153 cm³/mol. The number of nitrogens with zero attached hydrogens (tertiary/aromatic N) is 4. The zero-order valence-corrected chi connectivity index (χ0v) is 23.4. The molecule has 0 aliphatic heterocycles. The normalized spacial score (nSPS) is 11.5. The molecule has 1 amide bonds. The van der Waals surface area contributed by atoms with Crippen molar-refractivity contribution in [2.45, 2.75) is 18.7 Å². The zero-order chi connectivity index (χ0) is 28.2. The molecule has 1 heterocycles. The summed E-state index contributed by atoms with van der Waals surface area (Å²) >= 11 is 3.43. The van der Waals surface area contributed by atoms with Gasteiger partial charge in [-0.3, -0.25) is 19.2 Å². The lowest BCUT2D eigenvalue weighted by atomic mass is 10.2. The number of carbonyl (C=O) groups excluding carboxylic acids is 1. The van der Waals surface area contributed by atoms with Crippen LogP contribution in [-0.4, -0.2) is 36.6 Å². The van der Waals surface area contributed by atoms with Crippen LogP contribution in [-0.2, 0) is 14.8 Å². The third kappa shape index (κ3) is 6.24. The first-order valence-corrected chi connectivity index (χ1v) is 13.9. The fourth-order valence-corrected chi connectivity index (χ4v) is 5.74. The Balaban J connectivity index is 1.57. The van der Waals surface area contributed by atoms with Crippen LogP contribution in [0.25, 0.3) is 5.69 Å². The van der Waals surface area contributed by atoms with E-state index >= 15 is 0 Å². The second-order valence-electron chi connectivity index (χ2n) is 8.53. The van der Waals surface area contributed by atoms with Crippen LogP contribution in [0.1, 0.15) is 17.0 Å². The lowest BCUT2D eigenvalue weighted by Gasteiger charge is -2.23. The number of carbonyl (C=O) groups is 1. The van der Waals surface area contributed by atoms with Crippen LogP contribution < -0.4 is 9.73 Å². The van der Waals surface area contributed by atoms with E-state index in [0.717, 1.165) is 37.5 Å². The number of halogens is 1. The third-order valence-electron chi connectivity index (χ3n) is 5.89. The molecule has 4 aromatic rings. The Morgan fingerprint density at radius 3 is 2.41 bits per heavy atom. The standard InChI is InChI=1S/C27H24BrN5O5S/c1-19-15-21(20(2)32(19)23-13-11-22(28)12-14-23)17-29-30-27(34)18-31(24-7-6-8-25(16-24)33(35)36)39(37,38)26-9-4-3-5-10-26/h3-17H,18H2,1-2H3,(H,30,34)/b29-17-. The summed E-state index contributed by atoms with van der Waals surface area (Å²) in [7, 11) is -4.22. The minimum Gasteiger partial charge on any atom is -0.318 e. The molecule has 0 radical (unpaired) electrons. The summed E-state index contributed by atoms with van der Waals surface area (Å²) in [6.45, 7) is 3.23. The Hall–Kier alpha value is -4.29. The summed E-state index contributed by atoms with van der Waals surface area (Å²) in [4.78, 5) is 23.4. The van der Waals surface area contributed by atoms with E-state index in [2.05, 4.69) is 26.5 Å². The van der Waals surface area contributed by atoms with Crippen LogP contribution in [0.4, 0.5) is 11.4 Å². The number of aryl methyl sites for hydroxylation is 1. The summed E-state index contributed by atoms with van der Waals surface area (Å²) in [5.74, 6) is -0.723. The summed E-state index contributed by atoms with van der Waals surface area (Å²) in [6, 6.07) is 22.4. The molecule has 0 spiro atoms. The van der Waals surface area contributed by atoms with Gasteiger partial charge in [-0.2, -0.15) is 5.10 Å². The van der Waals surface area contributed by atoms with Crippen molar-refractivity contribution in [1.82, 2.24) is 9.99 Å². The molecule has 0 aliphatic carbocycles. The van der Waals surface area contributed by atoms with E-state index in [4.69, 9.17) is 0 Å². The average Bonchev–Trinajstić information content (AvgIpc) is 3.20. The topological polar surface area (TPSA) is 127 Å². The number of amides is 1. The van der Waals surface area contributed by atoms with Gasteiger partial charge in [-0.15, -0.1) is 0 Å². The monoisotopic (exact) mass is 609 g/mol. The molecule has 39 heavy (non-hydrogen) atoms. The van der Waals surface area contributed by atoms with Crippen molar-refractivity contribution in [2.75, 3.05) is 10.8 Å². The van der Waals surface area contributed by atoms with E-state index in [1.165, 1.54) is 36.5 Å². The average molecular weight is 610 g/mol. The maximum atomic E-state index is 13.4. The highest BCUT2D eigenvalue weighted by Gasteiger charge is 2.28. The highest BCUT2D eigenvalue weighted by Crippen LogP contribution is 2.27. The van der Waals surface area contributed by atoms with Crippen molar-refractivity contribution in [2.24, 2.45) is 5.10 Å². The summed E-state index contributed by atoms with van der Waals surface area (Å²) in [5, 5.41) is 15.3. The molecule has 200 valence electrons. The summed E-state index contributed by atoms with van der Waals surface area (Å²) in [6.07, 6.45) is 1.49. The van der Waals surface area contributed by atoms with Crippen LogP contribution in [0.3, 0.4) is 0 Å². The summed E-state index contributed by atoms with van der Waals surface area (Å²) < 4.78 is 30.7. The molecule has 0 saturated heterocycles. The Morgan fingerprint density at radius 1 is 1.05 bits per heavy atom. The van der Waals surface area contributed by atoms with Gasteiger partial charge in [0, 0.05) is 39.2 Å². The first kappa shape index (κ1) is 27.7. The van der Waals surface area contributed by atoms with Crippen molar-refractivity contribution in [3.63, 3.8) is 0 Å². The van der Waals surface area contributed by atoms with E-state index in [1.807, 2.05) is 48.7 Å². The molecule has 3 aromatic carbocycles. The highest BCUT2D eigenvalue weighted by molar-refractivity contribution is 9.10. The number of nitro benzene ring substituents is 1. The molecule has 4 rings (SSSR count). The van der Waals surface area contributed by atoms with Gasteiger partial charge in [0.2, 0.25) is 0 Å². The van der Waals surface area contributed by atoms with E-state index in [1.54, 1.807) is 18.2 Å². The van der Waals surface area contributed by atoms with Crippen LogP contribution in [0.15, 0.2) is 99.4 Å². The van der Waals surface area contributed by atoms with Gasteiger partial charge in [-0.1, -0.05) is 40.2 Å². The number of non-ortho nitro benzene ring substituents is 1. The van der Waals surface area contributed by atoms with Crippen molar-refractivity contribution in [3.05, 3.63) is 116 Å². The molecule has 1 aromatic heterocycles. The Bertz CT molecular complexity index is 1650. The molecule has 0 saturated carbocycles. The fraction of sp³-hybridized carbons (Fsp3) is 0.111. The van der Waals surface area contributed by atoms with Gasteiger partial charge < -0.3 is 4.57 Å². The third-order valence-corrected chi connectivity index (χ3v) is 8.21. The van der Waals surface area contributed by atoms with Gasteiger partial charge in [0.25, 0.3) is 21.6 Å². The molecular formula is C27H24BrN5O5S. The number of anilines is 1. The zero-order valence-electron chi connectivity index (χ0n) is 21.0. The van der Waals surface area contributed by atoms with E-state index in [0.29, 0.717) is 0 Å². The molecule has 12 heteroatoms.